The predicted octanol–water partition coefficient (Wildman–Crippen LogP) is 2.28. The van der Waals surface area contributed by atoms with Gasteiger partial charge in [-0.2, -0.15) is 13.2 Å². The lowest BCUT2D eigenvalue weighted by Gasteiger charge is -2.30. The highest BCUT2D eigenvalue weighted by atomic mass is 19.4. The number of hydrogen-bond acceptors (Lipinski definition) is 3. The summed E-state index contributed by atoms with van der Waals surface area (Å²) in [7, 11) is 0. The molecule has 1 aromatic carbocycles. The summed E-state index contributed by atoms with van der Waals surface area (Å²) in [5.74, 6) is -1.87. The third-order valence-corrected chi connectivity index (χ3v) is 2.67. The molecule has 20 heavy (non-hydrogen) atoms. The second-order valence-corrected chi connectivity index (χ2v) is 4.59. The summed E-state index contributed by atoms with van der Waals surface area (Å²) in [6, 6.07) is 1.11. The van der Waals surface area contributed by atoms with Crippen molar-refractivity contribution in [1.29, 1.82) is 0 Å². The maximum absolute atomic E-state index is 13.8. The highest BCUT2D eigenvalue weighted by molar-refractivity contribution is 5.99. The van der Waals surface area contributed by atoms with E-state index >= 15 is 0 Å². The van der Waals surface area contributed by atoms with E-state index in [2.05, 4.69) is 0 Å². The van der Waals surface area contributed by atoms with Crippen LogP contribution in [0.15, 0.2) is 12.1 Å². The van der Waals surface area contributed by atoms with Crippen molar-refractivity contribution in [3.05, 3.63) is 23.5 Å². The van der Waals surface area contributed by atoms with Crippen molar-refractivity contribution in [2.45, 2.75) is 26.1 Å². The van der Waals surface area contributed by atoms with E-state index < -0.39 is 30.5 Å². The minimum absolute atomic E-state index is 0.213. The fourth-order valence-corrected chi connectivity index (χ4v) is 1.75. The average molecular weight is 293 g/mol. The van der Waals surface area contributed by atoms with Crippen LogP contribution in [0.5, 0.6) is 0 Å². The summed E-state index contributed by atoms with van der Waals surface area (Å²) >= 11 is 0. The zero-order chi connectivity index (χ0) is 15.7. The monoisotopic (exact) mass is 293 g/mol. The van der Waals surface area contributed by atoms with Gasteiger partial charge >= 0.3 is 6.18 Å². The smallest absolute Gasteiger partial charge is 0.398 e. The largest absolute Gasteiger partial charge is 0.405 e. The molecule has 0 spiro atoms. The maximum Gasteiger partial charge on any atom is 0.405 e. The summed E-state index contributed by atoms with van der Waals surface area (Å²) in [5, 5.41) is 0. The number of primary amides is 1. The SMILES string of the molecule is CC(C)N(CC(F)(F)F)c1cc(C(N)=O)c(N)cc1F. The lowest BCUT2D eigenvalue weighted by molar-refractivity contribution is -0.120. The molecule has 4 nitrogen and oxygen atoms in total. The molecule has 1 rings (SSSR count). The highest BCUT2D eigenvalue weighted by Crippen LogP contribution is 2.29. The number of carbonyl (C=O) groups is 1. The van der Waals surface area contributed by atoms with Gasteiger partial charge in [0.05, 0.1) is 11.3 Å². The van der Waals surface area contributed by atoms with Crippen LogP contribution in [0, 0.1) is 5.82 Å². The minimum Gasteiger partial charge on any atom is -0.398 e. The van der Waals surface area contributed by atoms with E-state index in [-0.39, 0.29) is 16.9 Å². The molecule has 0 atom stereocenters. The van der Waals surface area contributed by atoms with E-state index in [4.69, 9.17) is 11.5 Å². The molecule has 1 aromatic rings. The molecular formula is C12H15F4N3O. The Morgan fingerprint density at radius 2 is 1.90 bits per heavy atom. The number of hydrogen-bond donors (Lipinski definition) is 2. The van der Waals surface area contributed by atoms with E-state index in [1.54, 1.807) is 0 Å². The van der Waals surface area contributed by atoms with Crippen molar-refractivity contribution in [2.75, 3.05) is 17.2 Å². The van der Waals surface area contributed by atoms with Crippen molar-refractivity contribution < 1.29 is 22.4 Å². The first-order valence-electron chi connectivity index (χ1n) is 5.75. The molecule has 0 aliphatic heterocycles. The third-order valence-electron chi connectivity index (χ3n) is 2.67. The van der Waals surface area contributed by atoms with Gasteiger partial charge in [0.2, 0.25) is 0 Å². The van der Waals surface area contributed by atoms with Crippen LogP contribution in [0.25, 0.3) is 0 Å². The number of anilines is 2. The van der Waals surface area contributed by atoms with Crippen molar-refractivity contribution in [1.82, 2.24) is 0 Å². The van der Waals surface area contributed by atoms with Gasteiger partial charge in [0, 0.05) is 11.7 Å². The molecule has 0 aliphatic rings. The average Bonchev–Trinajstić information content (AvgIpc) is 2.24. The molecule has 0 fully saturated rings. The van der Waals surface area contributed by atoms with Crippen LogP contribution in [-0.2, 0) is 0 Å². The van der Waals surface area contributed by atoms with E-state index in [1.165, 1.54) is 13.8 Å². The van der Waals surface area contributed by atoms with Crippen LogP contribution >= 0.6 is 0 Å². The summed E-state index contributed by atoms with van der Waals surface area (Å²) in [5.41, 5.74) is 9.68. The summed E-state index contributed by atoms with van der Waals surface area (Å²) in [6.45, 7) is 1.61. The molecule has 0 aromatic heterocycles. The van der Waals surface area contributed by atoms with Crippen molar-refractivity contribution in [2.24, 2.45) is 5.73 Å². The molecule has 1 amide bonds. The molecule has 0 saturated heterocycles. The van der Waals surface area contributed by atoms with Crippen LogP contribution in [0.3, 0.4) is 0 Å². The Balaban J connectivity index is 3.33. The van der Waals surface area contributed by atoms with Crippen LogP contribution in [0.1, 0.15) is 24.2 Å². The molecular weight excluding hydrogens is 278 g/mol. The van der Waals surface area contributed by atoms with Crippen LogP contribution < -0.4 is 16.4 Å². The molecule has 0 bridgehead atoms. The predicted molar refractivity (Wildman–Crippen MR) is 67.9 cm³/mol. The number of alkyl halides is 3. The van der Waals surface area contributed by atoms with Gasteiger partial charge in [-0.05, 0) is 26.0 Å². The first-order chi connectivity index (χ1) is 9.03. The van der Waals surface area contributed by atoms with E-state index in [9.17, 15) is 22.4 Å². The summed E-state index contributed by atoms with van der Waals surface area (Å²) in [6.07, 6.45) is -4.51. The molecule has 0 heterocycles. The van der Waals surface area contributed by atoms with Gasteiger partial charge in [-0.25, -0.2) is 4.39 Å². The van der Waals surface area contributed by atoms with Gasteiger partial charge in [-0.1, -0.05) is 0 Å². The van der Waals surface area contributed by atoms with Crippen molar-refractivity contribution in [3.8, 4) is 0 Å². The second kappa shape index (κ2) is 5.56. The normalized spacial score (nSPS) is 11.8. The number of nitrogens with two attached hydrogens (primary N) is 2. The van der Waals surface area contributed by atoms with E-state index in [0.29, 0.717) is 0 Å². The fraction of sp³-hybridized carbons (Fsp3) is 0.417. The Bertz CT molecular complexity index is 514. The van der Waals surface area contributed by atoms with Gasteiger partial charge in [0.15, 0.2) is 0 Å². The Labute approximate surface area is 113 Å². The number of halogens is 4. The van der Waals surface area contributed by atoms with Gasteiger partial charge in [-0.15, -0.1) is 0 Å². The molecule has 0 saturated carbocycles. The van der Waals surface area contributed by atoms with Gasteiger partial charge in [0.25, 0.3) is 5.91 Å². The number of rotatable bonds is 4. The summed E-state index contributed by atoms with van der Waals surface area (Å²) in [4.78, 5) is 11.9. The zero-order valence-corrected chi connectivity index (χ0v) is 11.0. The van der Waals surface area contributed by atoms with Gasteiger partial charge < -0.3 is 16.4 Å². The van der Waals surface area contributed by atoms with E-state index in [0.717, 1.165) is 17.0 Å². The second-order valence-electron chi connectivity index (χ2n) is 4.59. The number of nitrogen functional groups attached to an aromatic ring is 1. The number of nitrogens with zero attached hydrogens (tertiary/aromatic N) is 1. The highest BCUT2D eigenvalue weighted by Gasteiger charge is 2.33. The zero-order valence-electron chi connectivity index (χ0n) is 11.0. The molecule has 0 unspecified atom stereocenters. The van der Waals surface area contributed by atoms with Crippen LogP contribution in [0.4, 0.5) is 28.9 Å². The topological polar surface area (TPSA) is 72.3 Å². The fourth-order valence-electron chi connectivity index (χ4n) is 1.75. The number of benzene rings is 1. The van der Waals surface area contributed by atoms with Gasteiger partial charge in [-0.3, -0.25) is 4.79 Å². The molecule has 0 radical (unpaired) electrons. The van der Waals surface area contributed by atoms with Crippen LogP contribution in [0.2, 0.25) is 0 Å². The third kappa shape index (κ3) is 3.75. The molecule has 112 valence electrons. The lowest BCUT2D eigenvalue weighted by atomic mass is 10.1. The maximum atomic E-state index is 13.8. The number of amides is 1. The Morgan fingerprint density at radius 3 is 2.30 bits per heavy atom. The standard InChI is InChI=1S/C12H15F4N3O/c1-6(2)19(5-12(14,15)16)10-3-7(11(18)20)9(17)4-8(10)13/h3-4,6H,5,17H2,1-2H3,(H2,18,20). The Kier molecular flexibility index (Phi) is 4.46. The molecule has 4 N–H and O–H groups in total. The Morgan fingerprint density at radius 1 is 1.35 bits per heavy atom. The number of carbonyl (C=O) groups excluding carboxylic acids is 1. The van der Waals surface area contributed by atoms with Gasteiger partial charge in [0.1, 0.15) is 12.4 Å². The minimum atomic E-state index is -4.51. The molecule has 8 heteroatoms. The van der Waals surface area contributed by atoms with E-state index in [1.807, 2.05) is 0 Å². The van der Waals surface area contributed by atoms with Crippen molar-refractivity contribution >= 4 is 17.3 Å². The van der Waals surface area contributed by atoms with Crippen molar-refractivity contribution in [3.63, 3.8) is 0 Å². The lowest BCUT2D eigenvalue weighted by Crippen LogP contribution is -2.39. The summed E-state index contributed by atoms with van der Waals surface area (Å²) < 4.78 is 51.5. The quantitative estimate of drug-likeness (QED) is 0.661. The molecule has 0 aliphatic carbocycles. The first kappa shape index (κ1) is 16.1. The Hall–Kier alpha value is -1.99. The van der Waals surface area contributed by atoms with Crippen LogP contribution in [-0.4, -0.2) is 24.7 Å². The first-order valence-corrected chi connectivity index (χ1v) is 5.75.